The maximum absolute atomic E-state index is 13.3. The van der Waals surface area contributed by atoms with Gasteiger partial charge in [-0.25, -0.2) is 13.4 Å². The fourth-order valence-electron chi connectivity index (χ4n) is 3.99. The largest absolute Gasteiger partial charge is 0.294 e. The number of hydrogen-bond donors (Lipinski definition) is 1. The van der Waals surface area contributed by atoms with Crippen LogP contribution in [0.5, 0.6) is 0 Å². The van der Waals surface area contributed by atoms with Gasteiger partial charge in [0, 0.05) is 23.5 Å². The van der Waals surface area contributed by atoms with Gasteiger partial charge < -0.3 is 0 Å². The molecule has 1 N–H and O–H groups in total. The highest BCUT2D eigenvalue weighted by Gasteiger charge is 2.29. The third-order valence-corrected chi connectivity index (χ3v) is 8.33. The van der Waals surface area contributed by atoms with Gasteiger partial charge in [0.25, 0.3) is 0 Å². The number of sulfonamides is 1. The van der Waals surface area contributed by atoms with Crippen molar-refractivity contribution in [3.05, 3.63) is 95.7 Å². The molecule has 0 saturated heterocycles. The molecule has 0 saturated carbocycles. The van der Waals surface area contributed by atoms with Crippen LogP contribution in [0.25, 0.3) is 16.9 Å². The summed E-state index contributed by atoms with van der Waals surface area (Å²) in [7, 11) is -3.87. The predicted octanol–water partition coefficient (Wildman–Crippen LogP) is 5.50. The SMILES string of the molecule is Cc1ccc(S(=O)(=O)N(CC(=O)Nc2nc(-c3ccccc3)cn2-c2ccc(C)c(C)c2)C(C)C)cc1. The molecule has 192 valence electrons. The minimum absolute atomic E-state index is 0.155. The summed E-state index contributed by atoms with van der Waals surface area (Å²) in [6.45, 7) is 9.13. The number of hydrogen-bond acceptors (Lipinski definition) is 4. The molecule has 37 heavy (non-hydrogen) atoms. The molecular weight excluding hydrogens is 484 g/mol. The highest BCUT2D eigenvalue weighted by molar-refractivity contribution is 7.89. The van der Waals surface area contributed by atoms with Gasteiger partial charge in [-0.15, -0.1) is 0 Å². The van der Waals surface area contributed by atoms with Crippen molar-refractivity contribution >= 4 is 21.9 Å². The second-order valence-electron chi connectivity index (χ2n) is 9.46. The van der Waals surface area contributed by atoms with Gasteiger partial charge in [-0.3, -0.25) is 14.7 Å². The molecule has 0 aliphatic rings. The lowest BCUT2D eigenvalue weighted by atomic mass is 10.1. The first-order valence-electron chi connectivity index (χ1n) is 12.2. The predicted molar refractivity (Wildman–Crippen MR) is 147 cm³/mol. The molecule has 7 nitrogen and oxygen atoms in total. The standard InChI is InChI=1S/C29H32N4O3S/c1-20(2)33(37(35,36)26-15-11-21(3)12-16-26)19-28(34)31-29-30-27(24-9-7-6-8-10-24)18-32(29)25-14-13-22(4)23(5)17-25/h6-18,20H,19H2,1-5H3,(H,30,31,34). The minimum Gasteiger partial charge on any atom is -0.294 e. The topological polar surface area (TPSA) is 84.3 Å². The summed E-state index contributed by atoms with van der Waals surface area (Å²) in [5.74, 6) is -0.150. The van der Waals surface area contributed by atoms with E-state index in [1.807, 2.05) is 80.1 Å². The van der Waals surface area contributed by atoms with Crippen LogP contribution < -0.4 is 5.32 Å². The number of aryl methyl sites for hydroxylation is 3. The Balaban J connectivity index is 1.66. The number of carbonyl (C=O) groups is 1. The smallest absolute Gasteiger partial charge is 0.243 e. The monoisotopic (exact) mass is 516 g/mol. The first-order chi connectivity index (χ1) is 17.6. The van der Waals surface area contributed by atoms with Crippen LogP contribution in [0, 0.1) is 20.8 Å². The molecular formula is C29H32N4O3S. The van der Waals surface area contributed by atoms with Crippen LogP contribution in [0.1, 0.15) is 30.5 Å². The summed E-state index contributed by atoms with van der Waals surface area (Å²) >= 11 is 0. The van der Waals surface area contributed by atoms with E-state index in [0.717, 1.165) is 27.9 Å². The van der Waals surface area contributed by atoms with Crippen molar-refractivity contribution in [1.29, 1.82) is 0 Å². The van der Waals surface area contributed by atoms with E-state index >= 15 is 0 Å². The number of rotatable bonds is 8. The summed E-state index contributed by atoms with van der Waals surface area (Å²) in [5, 5.41) is 2.86. The molecule has 0 bridgehead atoms. The van der Waals surface area contributed by atoms with E-state index in [1.165, 1.54) is 4.31 Å². The fourth-order valence-corrected chi connectivity index (χ4v) is 5.58. The Morgan fingerprint density at radius 3 is 2.24 bits per heavy atom. The van der Waals surface area contributed by atoms with Crippen molar-refractivity contribution in [2.24, 2.45) is 0 Å². The number of imidazole rings is 1. The van der Waals surface area contributed by atoms with E-state index in [-0.39, 0.29) is 11.4 Å². The fraction of sp³-hybridized carbons (Fsp3) is 0.241. The molecule has 0 atom stereocenters. The van der Waals surface area contributed by atoms with Crippen molar-refractivity contribution in [2.45, 2.75) is 45.6 Å². The Hall–Kier alpha value is -3.75. The third kappa shape index (κ3) is 5.81. The van der Waals surface area contributed by atoms with E-state index in [1.54, 1.807) is 38.1 Å². The third-order valence-electron chi connectivity index (χ3n) is 6.30. The van der Waals surface area contributed by atoms with Gasteiger partial charge in [-0.2, -0.15) is 4.31 Å². The molecule has 8 heteroatoms. The van der Waals surface area contributed by atoms with E-state index in [2.05, 4.69) is 5.32 Å². The Kier molecular flexibility index (Phi) is 7.61. The van der Waals surface area contributed by atoms with Crippen LogP contribution in [-0.4, -0.2) is 40.8 Å². The maximum atomic E-state index is 13.3. The van der Waals surface area contributed by atoms with Crippen molar-refractivity contribution in [3.8, 4) is 16.9 Å². The lowest BCUT2D eigenvalue weighted by molar-refractivity contribution is -0.116. The molecule has 0 fully saturated rings. The maximum Gasteiger partial charge on any atom is 0.243 e. The Bertz CT molecular complexity index is 1510. The van der Waals surface area contributed by atoms with Crippen LogP contribution in [0.2, 0.25) is 0 Å². The highest BCUT2D eigenvalue weighted by atomic mass is 32.2. The van der Waals surface area contributed by atoms with Crippen molar-refractivity contribution in [3.63, 3.8) is 0 Å². The summed E-state index contributed by atoms with van der Waals surface area (Å²) < 4.78 is 29.7. The summed E-state index contributed by atoms with van der Waals surface area (Å²) in [6.07, 6.45) is 1.87. The first kappa shape index (κ1) is 26.3. The number of benzene rings is 3. The van der Waals surface area contributed by atoms with Gasteiger partial charge in [0.2, 0.25) is 21.9 Å². The number of aromatic nitrogens is 2. The molecule has 0 aliphatic heterocycles. The Morgan fingerprint density at radius 2 is 1.62 bits per heavy atom. The van der Waals surface area contributed by atoms with Crippen molar-refractivity contribution < 1.29 is 13.2 Å². The minimum atomic E-state index is -3.87. The molecule has 1 amide bonds. The molecule has 1 aromatic heterocycles. The van der Waals surface area contributed by atoms with Gasteiger partial charge in [0.05, 0.1) is 17.1 Å². The average molecular weight is 517 g/mol. The van der Waals surface area contributed by atoms with Crippen LogP contribution >= 0.6 is 0 Å². The van der Waals surface area contributed by atoms with Gasteiger partial charge in [-0.1, -0.05) is 54.1 Å². The number of carbonyl (C=O) groups excluding carboxylic acids is 1. The van der Waals surface area contributed by atoms with Crippen LogP contribution in [-0.2, 0) is 14.8 Å². The zero-order chi connectivity index (χ0) is 26.7. The molecule has 1 heterocycles. The molecule has 4 aromatic rings. The van der Waals surface area contributed by atoms with E-state index in [4.69, 9.17) is 4.98 Å². The average Bonchev–Trinajstić information content (AvgIpc) is 3.28. The molecule has 3 aromatic carbocycles. The zero-order valence-corrected chi connectivity index (χ0v) is 22.6. The zero-order valence-electron chi connectivity index (χ0n) is 21.8. The Morgan fingerprint density at radius 1 is 0.946 bits per heavy atom. The number of amides is 1. The first-order valence-corrected chi connectivity index (χ1v) is 13.6. The molecule has 0 unspecified atom stereocenters. The van der Waals surface area contributed by atoms with E-state index < -0.39 is 22.0 Å². The second-order valence-corrected chi connectivity index (χ2v) is 11.4. The lowest BCUT2D eigenvalue weighted by Crippen LogP contribution is -2.42. The highest BCUT2D eigenvalue weighted by Crippen LogP contribution is 2.26. The van der Waals surface area contributed by atoms with Gasteiger partial charge in [0.1, 0.15) is 0 Å². The van der Waals surface area contributed by atoms with Gasteiger partial charge >= 0.3 is 0 Å². The normalized spacial score (nSPS) is 11.8. The van der Waals surface area contributed by atoms with E-state index in [0.29, 0.717) is 11.6 Å². The molecule has 0 aliphatic carbocycles. The number of anilines is 1. The molecule has 0 radical (unpaired) electrons. The van der Waals surface area contributed by atoms with Crippen LogP contribution in [0.3, 0.4) is 0 Å². The number of nitrogens with zero attached hydrogens (tertiary/aromatic N) is 3. The summed E-state index contributed by atoms with van der Waals surface area (Å²) in [5.41, 5.74) is 5.68. The Labute approximate surface area is 218 Å². The van der Waals surface area contributed by atoms with Gasteiger partial charge in [0.15, 0.2) is 0 Å². The molecule has 0 spiro atoms. The lowest BCUT2D eigenvalue weighted by Gasteiger charge is -2.25. The van der Waals surface area contributed by atoms with Crippen molar-refractivity contribution in [1.82, 2.24) is 13.9 Å². The summed E-state index contributed by atoms with van der Waals surface area (Å²) in [4.78, 5) is 18.1. The summed E-state index contributed by atoms with van der Waals surface area (Å²) in [6, 6.07) is 21.9. The second kappa shape index (κ2) is 10.7. The quantitative estimate of drug-likeness (QED) is 0.335. The van der Waals surface area contributed by atoms with E-state index in [9.17, 15) is 13.2 Å². The number of nitrogens with one attached hydrogen (secondary N) is 1. The van der Waals surface area contributed by atoms with Crippen molar-refractivity contribution in [2.75, 3.05) is 11.9 Å². The van der Waals surface area contributed by atoms with Crippen LogP contribution in [0.4, 0.5) is 5.95 Å². The van der Waals surface area contributed by atoms with Gasteiger partial charge in [-0.05, 0) is 70.0 Å². The molecule has 4 rings (SSSR count). The van der Waals surface area contributed by atoms with Crippen LogP contribution in [0.15, 0.2) is 83.9 Å².